The lowest BCUT2D eigenvalue weighted by Crippen LogP contribution is -3.13. The van der Waals surface area contributed by atoms with E-state index >= 15 is 0 Å². The molecule has 1 aromatic carbocycles. The Morgan fingerprint density at radius 1 is 1.05 bits per heavy atom. The average Bonchev–Trinajstić information content (AvgIpc) is 2.68. The summed E-state index contributed by atoms with van der Waals surface area (Å²) in [6.07, 6.45) is 4.65. The molecule has 0 saturated carbocycles. The second-order valence-electron chi connectivity index (χ2n) is 5.27. The number of primary amides is 1. The number of hydrogen-bond acceptors (Lipinski definition) is 2. The van der Waals surface area contributed by atoms with E-state index in [4.69, 9.17) is 5.73 Å². The maximum absolute atomic E-state index is 12.3. The molecule has 108 valence electrons. The quantitative estimate of drug-likeness (QED) is 0.746. The van der Waals surface area contributed by atoms with Crippen molar-refractivity contribution in [2.45, 2.75) is 31.7 Å². The van der Waals surface area contributed by atoms with Crippen molar-refractivity contribution < 1.29 is 14.5 Å². The van der Waals surface area contributed by atoms with Crippen molar-refractivity contribution in [3.05, 3.63) is 35.9 Å². The lowest BCUT2D eigenvalue weighted by molar-refractivity contribution is -0.921. The van der Waals surface area contributed by atoms with Crippen molar-refractivity contribution in [1.82, 2.24) is 5.32 Å². The molecule has 4 N–H and O–H groups in total. The van der Waals surface area contributed by atoms with Gasteiger partial charge in [0.1, 0.15) is 0 Å². The number of quaternary nitrogens is 1. The molecule has 5 heteroatoms. The summed E-state index contributed by atoms with van der Waals surface area (Å²) in [7, 11) is 0. The minimum absolute atomic E-state index is 0.305. The fourth-order valence-electron chi connectivity index (χ4n) is 2.88. The Balaban J connectivity index is 2.23. The predicted molar refractivity (Wildman–Crippen MR) is 76.1 cm³/mol. The summed E-state index contributed by atoms with van der Waals surface area (Å²) < 4.78 is 0. The minimum atomic E-state index is -0.787. The molecule has 20 heavy (non-hydrogen) atoms. The topological polar surface area (TPSA) is 76.6 Å². The summed E-state index contributed by atoms with van der Waals surface area (Å²) in [6, 6.07) is 8.47. The molecule has 1 saturated heterocycles. The van der Waals surface area contributed by atoms with Gasteiger partial charge in [-0.3, -0.25) is 10.1 Å². The zero-order valence-corrected chi connectivity index (χ0v) is 11.6. The van der Waals surface area contributed by atoms with E-state index in [0.29, 0.717) is 0 Å². The number of imide groups is 1. The summed E-state index contributed by atoms with van der Waals surface area (Å²) >= 11 is 0. The van der Waals surface area contributed by atoms with Gasteiger partial charge >= 0.3 is 6.03 Å². The first-order valence-electron chi connectivity index (χ1n) is 7.18. The molecule has 0 aliphatic carbocycles. The third kappa shape index (κ3) is 3.81. The Labute approximate surface area is 119 Å². The van der Waals surface area contributed by atoms with Crippen LogP contribution in [0.3, 0.4) is 0 Å². The van der Waals surface area contributed by atoms with E-state index in [1.807, 2.05) is 30.3 Å². The zero-order chi connectivity index (χ0) is 14.4. The van der Waals surface area contributed by atoms with Gasteiger partial charge in [0.15, 0.2) is 6.04 Å². The van der Waals surface area contributed by atoms with Crippen LogP contribution in [0.1, 0.15) is 37.3 Å². The number of nitrogens with two attached hydrogens (primary N) is 1. The second-order valence-corrected chi connectivity index (χ2v) is 5.27. The molecule has 0 radical (unpaired) electrons. The molecule has 0 spiro atoms. The molecule has 1 aliphatic rings. The Morgan fingerprint density at radius 2 is 1.65 bits per heavy atom. The fourth-order valence-corrected chi connectivity index (χ4v) is 2.88. The van der Waals surface area contributed by atoms with Crippen LogP contribution in [0, 0.1) is 0 Å². The van der Waals surface area contributed by atoms with Crippen LogP contribution in [0.15, 0.2) is 30.3 Å². The molecule has 1 heterocycles. The molecule has 1 aliphatic heterocycles. The molecular weight excluding hydrogens is 254 g/mol. The van der Waals surface area contributed by atoms with Crippen molar-refractivity contribution in [3.8, 4) is 0 Å². The minimum Gasteiger partial charge on any atom is -0.351 e. The van der Waals surface area contributed by atoms with Gasteiger partial charge in [0.25, 0.3) is 5.91 Å². The molecule has 3 amide bonds. The van der Waals surface area contributed by atoms with Crippen molar-refractivity contribution in [2.75, 3.05) is 13.1 Å². The summed E-state index contributed by atoms with van der Waals surface area (Å²) in [6.45, 7) is 1.90. The summed E-state index contributed by atoms with van der Waals surface area (Å²) in [4.78, 5) is 24.5. The second kappa shape index (κ2) is 7.05. The number of carbonyl (C=O) groups is 2. The van der Waals surface area contributed by atoms with Crippen LogP contribution in [0.5, 0.6) is 0 Å². The van der Waals surface area contributed by atoms with E-state index in [2.05, 4.69) is 5.32 Å². The summed E-state index contributed by atoms with van der Waals surface area (Å²) in [5.41, 5.74) is 6.02. The van der Waals surface area contributed by atoms with Gasteiger partial charge in [-0.2, -0.15) is 0 Å². The van der Waals surface area contributed by atoms with Gasteiger partial charge in [-0.25, -0.2) is 4.79 Å². The van der Waals surface area contributed by atoms with Crippen molar-refractivity contribution >= 4 is 11.9 Å². The Bertz CT molecular complexity index is 453. The van der Waals surface area contributed by atoms with Gasteiger partial charge < -0.3 is 10.6 Å². The van der Waals surface area contributed by atoms with Crippen LogP contribution >= 0.6 is 0 Å². The molecule has 1 atom stereocenters. The largest absolute Gasteiger partial charge is 0.351 e. The number of amides is 3. The third-order valence-corrected chi connectivity index (χ3v) is 3.80. The highest BCUT2D eigenvalue weighted by Gasteiger charge is 2.32. The van der Waals surface area contributed by atoms with Gasteiger partial charge in [0, 0.05) is 5.56 Å². The molecule has 0 bridgehead atoms. The van der Waals surface area contributed by atoms with Crippen LogP contribution in [0.4, 0.5) is 4.79 Å². The Hall–Kier alpha value is -1.88. The van der Waals surface area contributed by atoms with Crippen molar-refractivity contribution in [3.63, 3.8) is 0 Å². The number of benzene rings is 1. The lowest BCUT2D eigenvalue weighted by Gasteiger charge is -2.26. The molecule has 2 rings (SSSR count). The first-order valence-corrected chi connectivity index (χ1v) is 7.18. The molecule has 1 aromatic rings. The van der Waals surface area contributed by atoms with E-state index in [0.717, 1.165) is 31.5 Å². The first kappa shape index (κ1) is 14.5. The van der Waals surface area contributed by atoms with E-state index in [-0.39, 0.29) is 11.9 Å². The normalized spacial score (nSPS) is 18.0. The van der Waals surface area contributed by atoms with Gasteiger partial charge in [-0.05, 0) is 25.7 Å². The monoisotopic (exact) mass is 276 g/mol. The average molecular weight is 276 g/mol. The number of carbonyl (C=O) groups excluding carboxylic acids is 2. The lowest BCUT2D eigenvalue weighted by atomic mass is 10.0. The van der Waals surface area contributed by atoms with Crippen LogP contribution in [-0.2, 0) is 4.79 Å². The summed E-state index contributed by atoms with van der Waals surface area (Å²) in [5.74, 6) is -0.305. The van der Waals surface area contributed by atoms with Crippen molar-refractivity contribution in [2.24, 2.45) is 5.73 Å². The number of nitrogens with one attached hydrogen (secondary N) is 2. The molecule has 5 nitrogen and oxygen atoms in total. The van der Waals surface area contributed by atoms with E-state index < -0.39 is 6.03 Å². The maximum Gasteiger partial charge on any atom is 0.319 e. The number of urea groups is 1. The molecule has 0 aromatic heterocycles. The highest BCUT2D eigenvalue weighted by atomic mass is 16.2. The van der Waals surface area contributed by atoms with Crippen molar-refractivity contribution in [1.29, 1.82) is 0 Å². The molecule has 1 fully saturated rings. The van der Waals surface area contributed by atoms with Gasteiger partial charge in [-0.1, -0.05) is 30.3 Å². The highest BCUT2D eigenvalue weighted by Crippen LogP contribution is 2.11. The third-order valence-electron chi connectivity index (χ3n) is 3.80. The van der Waals surface area contributed by atoms with E-state index in [1.165, 1.54) is 17.7 Å². The predicted octanol–water partition coefficient (Wildman–Crippen LogP) is 0.381. The van der Waals surface area contributed by atoms with E-state index in [9.17, 15) is 9.59 Å². The van der Waals surface area contributed by atoms with E-state index in [1.54, 1.807) is 0 Å². The number of rotatable bonds is 3. The van der Waals surface area contributed by atoms with Crippen LogP contribution in [0.25, 0.3) is 0 Å². The van der Waals surface area contributed by atoms with Gasteiger partial charge in [0.2, 0.25) is 0 Å². The zero-order valence-electron chi connectivity index (χ0n) is 11.6. The first-order chi connectivity index (χ1) is 9.68. The SMILES string of the molecule is NC(=O)NC(=O)[C@H](c1ccccc1)[NH+]1CCCCCC1. The highest BCUT2D eigenvalue weighted by molar-refractivity contribution is 5.96. The fraction of sp³-hybridized carbons (Fsp3) is 0.467. The Kier molecular flexibility index (Phi) is 5.12. The number of hydrogen-bond donors (Lipinski definition) is 3. The summed E-state index contributed by atoms with van der Waals surface area (Å²) in [5, 5.41) is 2.24. The standard InChI is InChI=1S/C15H21N3O2/c16-15(20)17-14(19)13(12-8-4-3-5-9-12)18-10-6-1-2-7-11-18/h3-5,8-9,13H,1-2,6-7,10-11H2,(H3,16,17,19,20)/p+1/t13-/m0/s1. The van der Waals surface area contributed by atoms with Crippen LogP contribution < -0.4 is 16.0 Å². The van der Waals surface area contributed by atoms with Crippen LogP contribution in [-0.4, -0.2) is 25.0 Å². The van der Waals surface area contributed by atoms with Gasteiger partial charge in [0.05, 0.1) is 13.1 Å². The molecule has 0 unspecified atom stereocenters. The van der Waals surface area contributed by atoms with Gasteiger partial charge in [-0.15, -0.1) is 0 Å². The van der Waals surface area contributed by atoms with Crippen LogP contribution in [0.2, 0.25) is 0 Å². The molecular formula is C15H22N3O2+. The number of likely N-dealkylation sites (tertiary alicyclic amines) is 1. The smallest absolute Gasteiger partial charge is 0.319 e. The Morgan fingerprint density at radius 3 is 2.20 bits per heavy atom. The maximum atomic E-state index is 12.3.